The molecule has 0 spiro atoms. The molecular weight excluding hydrogens is 447 g/mol. The first-order chi connectivity index (χ1) is 17.0. The second kappa shape index (κ2) is 11.6. The summed E-state index contributed by atoms with van der Waals surface area (Å²) >= 11 is 0. The molecule has 0 saturated heterocycles. The van der Waals surface area contributed by atoms with Crippen molar-refractivity contribution in [2.24, 2.45) is 0 Å². The summed E-state index contributed by atoms with van der Waals surface area (Å²) in [4.78, 5) is 28.7. The highest BCUT2D eigenvalue weighted by molar-refractivity contribution is 6.02. The van der Waals surface area contributed by atoms with E-state index in [1.165, 1.54) is 29.3 Å². The Hall–Kier alpha value is -3.81. The fraction of sp³-hybridized carbons (Fsp3) is 0.333. The fourth-order valence-electron chi connectivity index (χ4n) is 4.45. The Morgan fingerprint density at radius 1 is 1.09 bits per heavy atom. The Morgan fingerprint density at radius 3 is 2.60 bits per heavy atom. The van der Waals surface area contributed by atoms with Crippen LogP contribution in [0.3, 0.4) is 0 Å². The third kappa shape index (κ3) is 6.20. The van der Waals surface area contributed by atoms with Crippen LogP contribution >= 0.6 is 0 Å². The predicted molar refractivity (Wildman–Crippen MR) is 130 cm³/mol. The number of nitrogens with one attached hydrogen (secondary N) is 1. The maximum absolute atomic E-state index is 14.3. The van der Waals surface area contributed by atoms with Gasteiger partial charge in [-0.3, -0.25) is 14.5 Å². The summed E-state index contributed by atoms with van der Waals surface area (Å²) in [6, 6.07) is 15.4. The average molecular weight is 477 g/mol. The Balaban J connectivity index is 1.71. The molecule has 0 bridgehead atoms. The first-order valence-corrected chi connectivity index (χ1v) is 11.9. The molecule has 182 valence electrons. The zero-order valence-corrected chi connectivity index (χ0v) is 19.7. The van der Waals surface area contributed by atoms with E-state index in [1.807, 2.05) is 31.2 Å². The number of carbonyl (C=O) groups excluding carboxylic acids is 2. The number of rotatable bonds is 8. The number of anilines is 1. The van der Waals surface area contributed by atoms with Gasteiger partial charge in [-0.2, -0.15) is 5.10 Å². The highest BCUT2D eigenvalue weighted by atomic mass is 19.1. The molecule has 8 heteroatoms. The minimum Gasteiger partial charge on any atom is -0.466 e. The predicted octanol–water partition coefficient (Wildman–Crippen LogP) is 4.53. The van der Waals surface area contributed by atoms with Crippen molar-refractivity contribution in [2.75, 3.05) is 11.5 Å². The fourth-order valence-corrected chi connectivity index (χ4v) is 4.45. The molecule has 1 aliphatic rings. The summed E-state index contributed by atoms with van der Waals surface area (Å²) in [5.74, 6) is -1.14. The second-order valence-electron chi connectivity index (χ2n) is 8.70. The number of halogens is 1. The van der Waals surface area contributed by atoms with E-state index >= 15 is 0 Å². The van der Waals surface area contributed by atoms with E-state index in [0.29, 0.717) is 5.56 Å². The van der Waals surface area contributed by atoms with Gasteiger partial charge in [-0.05, 0) is 55.2 Å². The average Bonchev–Trinajstić information content (AvgIpc) is 2.87. The molecule has 3 aromatic rings. The van der Waals surface area contributed by atoms with Gasteiger partial charge in [-0.25, -0.2) is 4.39 Å². The maximum atomic E-state index is 14.3. The number of hydrogen-bond acceptors (Lipinski definition) is 5. The Kier molecular flexibility index (Phi) is 8.03. The van der Waals surface area contributed by atoms with Crippen molar-refractivity contribution in [2.45, 2.75) is 51.1 Å². The highest BCUT2D eigenvalue weighted by Gasteiger charge is 2.35. The first kappa shape index (κ1) is 24.3. The topological polar surface area (TPSA) is 84.4 Å². The minimum absolute atomic E-state index is 0.0445. The number of aryl methyl sites for hydroxylation is 1. The molecule has 1 saturated carbocycles. The van der Waals surface area contributed by atoms with E-state index in [-0.39, 0.29) is 23.5 Å². The molecule has 2 aromatic carbocycles. The van der Waals surface area contributed by atoms with E-state index in [1.54, 1.807) is 18.2 Å². The smallest absolute Gasteiger partial charge is 0.265 e. The summed E-state index contributed by atoms with van der Waals surface area (Å²) in [5.41, 5.74) is 1.78. The Labute approximate surface area is 204 Å². The summed E-state index contributed by atoms with van der Waals surface area (Å²) in [6.07, 6.45) is 6.56. The van der Waals surface area contributed by atoms with Crippen LogP contribution in [0.1, 0.15) is 49.3 Å². The van der Waals surface area contributed by atoms with Crippen molar-refractivity contribution < 1.29 is 18.7 Å². The van der Waals surface area contributed by atoms with Crippen LogP contribution in [0.4, 0.5) is 10.1 Å². The zero-order valence-electron chi connectivity index (χ0n) is 19.7. The number of carbonyl (C=O) groups is 2. The van der Waals surface area contributed by atoms with Crippen LogP contribution in [-0.4, -0.2) is 34.7 Å². The van der Waals surface area contributed by atoms with Gasteiger partial charge in [-0.15, -0.1) is 5.10 Å². The maximum Gasteiger partial charge on any atom is 0.265 e. The van der Waals surface area contributed by atoms with E-state index in [4.69, 9.17) is 4.74 Å². The van der Waals surface area contributed by atoms with Gasteiger partial charge in [0, 0.05) is 24.0 Å². The summed E-state index contributed by atoms with van der Waals surface area (Å²) in [6.45, 7) is 1.49. The number of aromatic nitrogens is 2. The van der Waals surface area contributed by atoms with Crippen LogP contribution in [-0.2, 0) is 9.59 Å². The van der Waals surface area contributed by atoms with Crippen molar-refractivity contribution >= 4 is 17.5 Å². The standard InChI is InChI=1S/C27H29FN4O3/c1-19-9-5-6-14-23(19)26(27(34)30-21-11-3-2-4-12-21)32(22-13-7-10-20(28)17-22)25(33)18-35-24-15-8-16-29-31-24/h5-10,13-17,21,26H,2-4,11-12,18H2,1H3,(H,30,34). The largest absolute Gasteiger partial charge is 0.466 e. The number of hydrogen-bond donors (Lipinski definition) is 1. The number of amides is 2. The lowest BCUT2D eigenvalue weighted by atomic mass is 9.93. The Bertz CT molecular complexity index is 1150. The van der Waals surface area contributed by atoms with Crippen LogP contribution in [0, 0.1) is 12.7 Å². The molecule has 0 radical (unpaired) electrons. The zero-order chi connectivity index (χ0) is 24.6. The van der Waals surface area contributed by atoms with E-state index in [2.05, 4.69) is 15.5 Å². The minimum atomic E-state index is -1.00. The van der Waals surface area contributed by atoms with Gasteiger partial charge in [-0.1, -0.05) is 49.6 Å². The van der Waals surface area contributed by atoms with Crippen molar-refractivity contribution in [3.8, 4) is 5.88 Å². The first-order valence-electron chi connectivity index (χ1n) is 11.9. The van der Waals surface area contributed by atoms with Crippen LogP contribution in [0.25, 0.3) is 0 Å². The molecule has 1 heterocycles. The molecule has 1 atom stereocenters. The van der Waals surface area contributed by atoms with Gasteiger partial charge in [0.1, 0.15) is 11.9 Å². The van der Waals surface area contributed by atoms with Gasteiger partial charge in [0.25, 0.3) is 5.91 Å². The van der Waals surface area contributed by atoms with Gasteiger partial charge >= 0.3 is 0 Å². The van der Waals surface area contributed by atoms with Gasteiger partial charge in [0.05, 0.1) is 0 Å². The van der Waals surface area contributed by atoms with Crippen molar-refractivity contribution in [3.05, 3.63) is 83.8 Å². The molecule has 2 amide bonds. The quantitative estimate of drug-likeness (QED) is 0.517. The third-order valence-electron chi connectivity index (χ3n) is 6.19. The van der Waals surface area contributed by atoms with E-state index in [9.17, 15) is 14.0 Å². The molecule has 1 unspecified atom stereocenters. The number of benzene rings is 2. The van der Waals surface area contributed by atoms with Crippen molar-refractivity contribution in [1.82, 2.24) is 15.5 Å². The summed E-state index contributed by atoms with van der Waals surface area (Å²) < 4.78 is 19.8. The van der Waals surface area contributed by atoms with Crippen LogP contribution < -0.4 is 15.0 Å². The lowest BCUT2D eigenvalue weighted by Crippen LogP contribution is -2.48. The monoisotopic (exact) mass is 476 g/mol. The van der Waals surface area contributed by atoms with Crippen molar-refractivity contribution in [1.29, 1.82) is 0 Å². The highest BCUT2D eigenvalue weighted by Crippen LogP contribution is 2.31. The molecule has 1 N–H and O–H groups in total. The van der Waals surface area contributed by atoms with E-state index < -0.39 is 24.4 Å². The van der Waals surface area contributed by atoms with Gasteiger partial charge < -0.3 is 10.1 Å². The summed E-state index contributed by atoms with van der Waals surface area (Å²) in [5, 5.41) is 10.7. The van der Waals surface area contributed by atoms with Gasteiger partial charge in [0.2, 0.25) is 11.8 Å². The second-order valence-corrected chi connectivity index (χ2v) is 8.70. The third-order valence-corrected chi connectivity index (χ3v) is 6.19. The van der Waals surface area contributed by atoms with Crippen LogP contribution in [0.5, 0.6) is 5.88 Å². The SMILES string of the molecule is Cc1ccccc1C(C(=O)NC1CCCCC1)N(C(=O)COc1cccnn1)c1cccc(F)c1. The van der Waals surface area contributed by atoms with Gasteiger partial charge in [0.15, 0.2) is 6.61 Å². The number of ether oxygens (including phenoxy) is 1. The molecule has 7 nitrogen and oxygen atoms in total. The molecule has 1 aliphatic carbocycles. The van der Waals surface area contributed by atoms with Crippen LogP contribution in [0.2, 0.25) is 0 Å². The molecular formula is C27H29FN4O3. The molecule has 1 aromatic heterocycles. The molecule has 1 fully saturated rings. The lowest BCUT2D eigenvalue weighted by molar-refractivity contribution is -0.128. The summed E-state index contributed by atoms with van der Waals surface area (Å²) in [7, 11) is 0. The van der Waals surface area contributed by atoms with Crippen LogP contribution in [0.15, 0.2) is 66.9 Å². The van der Waals surface area contributed by atoms with Crippen molar-refractivity contribution in [3.63, 3.8) is 0 Å². The molecule has 0 aliphatic heterocycles. The Morgan fingerprint density at radius 2 is 1.89 bits per heavy atom. The number of nitrogens with zero attached hydrogens (tertiary/aromatic N) is 3. The molecule has 35 heavy (non-hydrogen) atoms. The lowest BCUT2D eigenvalue weighted by Gasteiger charge is -2.34. The molecule has 4 rings (SSSR count). The normalized spacial score (nSPS) is 14.7. The van der Waals surface area contributed by atoms with E-state index in [0.717, 1.165) is 37.7 Å².